The molecule has 1 aromatic rings. The molecule has 0 heterocycles. The molecule has 2 saturated carbocycles. The molecule has 3 rings (SSSR count). The van der Waals surface area contributed by atoms with Gasteiger partial charge in [0.25, 0.3) is 0 Å². The minimum Gasteiger partial charge on any atom is -0.493 e. The van der Waals surface area contributed by atoms with Crippen molar-refractivity contribution in [2.45, 2.75) is 52.4 Å². The maximum Gasteiger partial charge on any atom is 0.122 e. The van der Waals surface area contributed by atoms with Crippen molar-refractivity contribution in [2.75, 3.05) is 6.61 Å². The van der Waals surface area contributed by atoms with Crippen molar-refractivity contribution in [3.8, 4) is 5.75 Å². The average molecular weight is 244 g/mol. The Hall–Kier alpha value is -0.980. The summed E-state index contributed by atoms with van der Waals surface area (Å²) in [7, 11) is 0. The van der Waals surface area contributed by atoms with Gasteiger partial charge in [0, 0.05) is 0 Å². The minimum atomic E-state index is 0.833. The van der Waals surface area contributed by atoms with E-state index in [0.717, 1.165) is 24.2 Å². The van der Waals surface area contributed by atoms with Gasteiger partial charge in [0.2, 0.25) is 0 Å². The van der Waals surface area contributed by atoms with Crippen LogP contribution < -0.4 is 4.74 Å². The summed E-state index contributed by atoms with van der Waals surface area (Å²) in [4.78, 5) is 0. The number of rotatable bonds is 5. The van der Waals surface area contributed by atoms with Gasteiger partial charge in [-0.05, 0) is 67.7 Å². The Kier molecular flexibility index (Phi) is 3.32. The van der Waals surface area contributed by atoms with Crippen molar-refractivity contribution in [1.29, 1.82) is 0 Å². The number of hydrogen-bond donors (Lipinski definition) is 0. The topological polar surface area (TPSA) is 9.23 Å². The van der Waals surface area contributed by atoms with Gasteiger partial charge in [-0.15, -0.1) is 0 Å². The molecule has 0 radical (unpaired) electrons. The SMILES string of the molecule is Cc1c(CC2CCC2)ccc(OCC2CC2)c1C. The Labute approximate surface area is 111 Å². The Balaban J connectivity index is 1.69. The Bertz CT molecular complexity index is 427. The first-order valence-corrected chi connectivity index (χ1v) is 7.46. The van der Waals surface area contributed by atoms with E-state index in [1.807, 2.05) is 0 Å². The lowest BCUT2D eigenvalue weighted by Gasteiger charge is -2.26. The van der Waals surface area contributed by atoms with Crippen LogP contribution in [0, 0.1) is 25.7 Å². The molecule has 0 saturated heterocycles. The fraction of sp³-hybridized carbons (Fsp3) is 0.647. The Morgan fingerprint density at radius 2 is 1.78 bits per heavy atom. The van der Waals surface area contributed by atoms with Crippen LogP contribution in [0.2, 0.25) is 0 Å². The summed E-state index contributed by atoms with van der Waals surface area (Å²) in [6.45, 7) is 5.39. The molecule has 0 spiro atoms. The van der Waals surface area contributed by atoms with Gasteiger partial charge in [-0.3, -0.25) is 0 Å². The summed E-state index contributed by atoms with van der Waals surface area (Å²) in [5, 5.41) is 0. The maximum atomic E-state index is 5.94. The molecule has 0 atom stereocenters. The highest BCUT2D eigenvalue weighted by molar-refractivity contribution is 5.43. The molecule has 0 unspecified atom stereocenters. The van der Waals surface area contributed by atoms with E-state index in [9.17, 15) is 0 Å². The summed E-state index contributed by atoms with van der Waals surface area (Å²) in [5.74, 6) is 2.89. The molecule has 0 N–H and O–H groups in total. The maximum absolute atomic E-state index is 5.94. The number of benzene rings is 1. The largest absolute Gasteiger partial charge is 0.493 e. The van der Waals surface area contributed by atoms with E-state index >= 15 is 0 Å². The van der Waals surface area contributed by atoms with Crippen LogP contribution in [0.25, 0.3) is 0 Å². The van der Waals surface area contributed by atoms with Crippen molar-refractivity contribution < 1.29 is 4.74 Å². The normalized spacial score (nSPS) is 19.7. The third-order valence-corrected chi connectivity index (χ3v) is 4.75. The predicted octanol–water partition coefficient (Wildman–Crippen LogP) is 4.43. The van der Waals surface area contributed by atoms with Crippen LogP contribution in [-0.4, -0.2) is 6.61 Å². The van der Waals surface area contributed by atoms with Crippen molar-refractivity contribution in [1.82, 2.24) is 0 Å². The van der Waals surface area contributed by atoms with Gasteiger partial charge in [-0.25, -0.2) is 0 Å². The molecule has 98 valence electrons. The molecule has 0 bridgehead atoms. The highest BCUT2D eigenvalue weighted by Gasteiger charge is 2.23. The van der Waals surface area contributed by atoms with Gasteiger partial charge < -0.3 is 4.74 Å². The van der Waals surface area contributed by atoms with Gasteiger partial charge in [0.05, 0.1) is 6.61 Å². The molecule has 0 amide bonds. The van der Waals surface area contributed by atoms with Gasteiger partial charge in [-0.2, -0.15) is 0 Å². The molecule has 1 nitrogen and oxygen atoms in total. The van der Waals surface area contributed by atoms with E-state index in [2.05, 4.69) is 26.0 Å². The second-order valence-electron chi connectivity index (χ2n) is 6.23. The van der Waals surface area contributed by atoms with Crippen molar-refractivity contribution >= 4 is 0 Å². The van der Waals surface area contributed by atoms with Crippen LogP contribution in [0.4, 0.5) is 0 Å². The third kappa shape index (κ3) is 2.55. The second kappa shape index (κ2) is 4.95. The molecular weight excluding hydrogens is 220 g/mol. The molecular formula is C17H24O. The second-order valence-corrected chi connectivity index (χ2v) is 6.23. The van der Waals surface area contributed by atoms with E-state index < -0.39 is 0 Å². The smallest absolute Gasteiger partial charge is 0.122 e. The molecule has 18 heavy (non-hydrogen) atoms. The van der Waals surface area contributed by atoms with Gasteiger partial charge >= 0.3 is 0 Å². The van der Waals surface area contributed by atoms with Crippen LogP contribution in [-0.2, 0) is 6.42 Å². The first kappa shape index (κ1) is 12.1. The molecule has 2 fully saturated rings. The van der Waals surface area contributed by atoms with E-state index in [0.29, 0.717) is 0 Å². The molecule has 2 aliphatic carbocycles. The molecule has 0 aliphatic heterocycles. The summed E-state index contributed by atoms with van der Waals surface area (Å²) in [6.07, 6.45) is 8.29. The van der Waals surface area contributed by atoms with Gasteiger partial charge in [0.15, 0.2) is 0 Å². The minimum absolute atomic E-state index is 0.833. The Morgan fingerprint density at radius 1 is 1.00 bits per heavy atom. The average Bonchev–Trinajstić information content (AvgIpc) is 3.11. The third-order valence-electron chi connectivity index (χ3n) is 4.75. The first-order valence-electron chi connectivity index (χ1n) is 7.46. The monoisotopic (exact) mass is 244 g/mol. The summed E-state index contributed by atoms with van der Waals surface area (Å²) < 4.78 is 5.94. The molecule has 1 aromatic carbocycles. The first-order chi connectivity index (χ1) is 8.74. The quantitative estimate of drug-likeness (QED) is 0.744. The number of ether oxygens (including phenoxy) is 1. The van der Waals surface area contributed by atoms with Crippen LogP contribution in [0.5, 0.6) is 5.75 Å². The van der Waals surface area contributed by atoms with Crippen molar-refractivity contribution in [3.05, 3.63) is 28.8 Å². The van der Waals surface area contributed by atoms with E-state index in [4.69, 9.17) is 4.74 Å². The van der Waals surface area contributed by atoms with Crippen LogP contribution in [0.1, 0.15) is 48.8 Å². The van der Waals surface area contributed by atoms with E-state index in [1.54, 1.807) is 0 Å². The Morgan fingerprint density at radius 3 is 2.39 bits per heavy atom. The zero-order valence-electron chi connectivity index (χ0n) is 11.7. The van der Waals surface area contributed by atoms with Crippen LogP contribution >= 0.6 is 0 Å². The lowest BCUT2D eigenvalue weighted by atomic mass is 9.80. The lowest BCUT2D eigenvalue weighted by Crippen LogP contribution is -2.14. The van der Waals surface area contributed by atoms with E-state index in [-0.39, 0.29) is 0 Å². The molecule has 2 aliphatic rings. The predicted molar refractivity (Wildman–Crippen MR) is 75.2 cm³/mol. The lowest BCUT2D eigenvalue weighted by molar-refractivity contribution is 0.296. The summed E-state index contributed by atoms with van der Waals surface area (Å²) >= 11 is 0. The zero-order valence-corrected chi connectivity index (χ0v) is 11.7. The standard InChI is InChI=1S/C17H24O/c1-12-13(2)17(18-11-15-6-7-15)9-8-16(12)10-14-4-3-5-14/h8-9,14-15H,3-7,10-11H2,1-2H3. The van der Waals surface area contributed by atoms with E-state index in [1.165, 1.54) is 55.2 Å². The molecule has 1 heteroatoms. The fourth-order valence-electron chi connectivity index (χ4n) is 2.73. The number of hydrogen-bond acceptors (Lipinski definition) is 1. The summed E-state index contributed by atoms with van der Waals surface area (Å²) in [5.41, 5.74) is 4.35. The highest BCUT2D eigenvalue weighted by atomic mass is 16.5. The summed E-state index contributed by atoms with van der Waals surface area (Å²) in [6, 6.07) is 4.49. The fourth-order valence-corrected chi connectivity index (χ4v) is 2.73. The van der Waals surface area contributed by atoms with Crippen molar-refractivity contribution in [3.63, 3.8) is 0 Å². The zero-order chi connectivity index (χ0) is 12.5. The van der Waals surface area contributed by atoms with Crippen molar-refractivity contribution in [2.24, 2.45) is 11.8 Å². The highest BCUT2D eigenvalue weighted by Crippen LogP contribution is 2.34. The van der Waals surface area contributed by atoms with Crippen LogP contribution in [0.15, 0.2) is 12.1 Å². The van der Waals surface area contributed by atoms with Gasteiger partial charge in [0.1, 0.15) is 5.75 Å². The molecule has 0 aromatic heterocycles. The van der Waals surface area contributed by atoms with Crippen LogP contribution in [0.3, 0.4) is 0 Å². The van der Waals surface area contributed by atoms with Gasteiger partial charge in [-0.1, -0.05) is 25.3 Å².